The Morgan fingerprint density at radius 2 is 1.85 bits per heavy atom. The van der Waals surface area contributed by atoms with Gasteiger partial charge in [-0.3, -0.25) is 0 Å². The van der Waals surface area contributed by atoms with Gasteiger partial charge in [-0.05, 0) is 12.1 Å². The molecule has 1 aliphatic heterocycles. The van der Waals surface area contributed by atoms with Crippen molar-refractivity contribution in [2.75, 3.05) is 20.3 Å². The molecule has 0 spiro atoms. The summed E-state index contributed by atoms with van der Waals surface area (Å²) in [6.45, 7) is -0.408. The highest BCUT2D eigenvalue weighted by Crippen LogP contribution is 2.23. The van der Waals surface area contributed by atoms with Gasteiger partial charge in [0.1, 0.15) is 24.4 Å². The molecule has 0 aliphatic carbocycles. The first kappa shape index (κ1) is 16.7. The topological polar surface area (TPSA) is 120 Å². The molecule has 20 heavy (non-hydrogen) atoms. The fourth-order valence-corrected chi connectivity index (χ4v) is 1.66. The van der Waals surface area contributed by atoms with E-state index in [4.69, 9.17) is 35.0 Å². The van der Waals surface area contributed by atoms with Crippen molar-refractivity contribution in [1.29, 1.82) is 0 Å². The van der Waals surface area contributed by atoms with Crippen LogP contribution in [0.1, 0.15) is 0 Å². The lowest BCUT2D eigenvalue weighted by Gasteiger charge is -2.34. The Hall–Kier alpha value is -1.38. The summed E-state index contributed by atoms with van der Waals surface area (Å²) in [7, 11) is 1.52. The van der Waals surface area contributed by atoms with Crippen molar-refractivity contribution >= 4 is 0 Å². The van der Waals surface area contributed by atoms with Crippen LogP contribution in [0.3, 0.4) is 0 Å². The molecule has 1 aromatic rings. The molecule has 0 aromatic heterocycles. The van der Waals surface area contributed by atoms with Crippen LogP contribution in [0.5, 0.6) is 11.5 Å². The third kappa shape index (κ3) is 4.32. The smallest absolute Gasteiger partial charge is 0.160 e. The van der Waals surface area contributed by atoms with Gasteiger partial charge in [-0.1, -0.05) is 12.1 Å². The van der Waals surface area contributed by atoms with Crippen LogP contribution in [0, 0.1) is 0 Å². The molecule has 1 aromatic carbocycles. The van der Waals surface area contributed by atoms with E-state index < -0.39 is 24.4 Å². The van der Waals surface area contributed by atoms with Gasteiger partial charge in [-0.2, -0.15) is 0 Å². The van der Waals surface area contributed by atoms with Crippen LogP contribution in [0.15, 0.2) is 24.3 Å². The first-order valence-electron chi connectivity index (χ1n) is 6.10. The SMILES string of the molecule is COc1ccccc1O.OCC1OCC(O)C(O)[C@@H]1O. The largest absolute Gasteiger partial charge is 0.504 e. The minimum absolute atomic E-state index is 0.0521. The lowest BCUT2D eigenvalue weighted by atomic mass is 10.0. The summed E-state index contributed by atoms with van der Waals surface area (Å²) in [5.41, 5.74) is 0. The van der Waals surface area contributed by atoms with Crippen molar-refractivity contribution in [3.05, 3.63) is 24.3 Å². The van der Waals surface area contributed by atoms with Crippen LogP contribution in [0.4, 0.5) is 0 Å². The van der Waals surface area contributed by atoms with Gasteiger partial charge in [0.25, 0.3) is 0 Å². The van der Waals surface area contributed by atoms with Gasteiger partial charge in [0, 0.05) is 0 Å². The van der Waals surface area contributed by atoms with Gasteiger partial charge in [0.05, 0.1) is 20.3 Å². The average Bonchev–Trinajstić information content (AvgIpc) is 2.46. The predicted molar refractivity (Wildman–Crippen MR) is 69.5 cm³/mol. The lowest BCUT2D eigenvalue weighted by molar-refractivity contribution is -0.195. The van der Waals surface area contributed by atoms with Crippen LogP contribution in [0.2, 0.25) is 0 Å². The molecule has 1 aliphatic rings. The second-order valence-corrected chi connectivity index (χ2v) is 4.27. The highest BCUT2D eigenvalue weighted by molar-refractivity contribution is 5.37. The maximum absolute atomic E-state index is 9.11. The van der Waals surface area contributed by atoms with Crippen LogP contribution < -0.4 is 4.74 Å². The molecular formula is C13H20O7. The van der Waals surface area contributed by atoms with Crippen molar-refractivity contribution in [2.45, 2.75) is 24.4 Å². The Balaban J connectivity index is 0.000000204. The van der Waals surface area contributed by atoms with E-state index in [-0.39, 0.29) is 19.0 Å². The molecule has 0 bridgehead atoms. The number of ether oxygens (including phenoxy) is 2. The first-order valence-corrected chi connectivity index (χ1v) is 6.10. The molecule has 0 radical (unpaired) electrons. The summed E-state index contributed by atoms with van der Waals surface area (Å²) < 4.78 is 9.61. The Bertz CT molecular complexity index is 396. The summed E-state index contributed by atoms with van der Waals surface area (Å²) in [6, 6.07) is 6.84. The number of rotatable bonds is 2. The van der Waals surface area contributed by atoms with E-state index in [2.05, 4.69) is 0 Å². The zero-order chi connectivity index (χ0) is 15.1. The number of aliphatic hydroxyl groups is 4. The number of para-hydroxylation sites is 2. The van der Waals surface area contributed by atoms with Gasteiger partial charge in [0.2, 0.25) is 0 Å². The molecule has 3 unspecified atom stereocenters. The third-order valence-corrected chi connectivity index (χ3v) is 2.87. The number of phenolic OH excluding ortho intramolecular Hbond substituents is 1. The quantitative estimate of drug-likeness (QED) is 0.466. The molecule has 5 N–H and O–H groups in total. The number of phenols is 1. The molecule has 1 fully saturated rings. The van der Waals surface area contributed by atoms with Gasteiger partial charge in [-0.15, -0.1) is 0 Å². The van der Waals surface area contributed by atoms with Gasteiger partial charge >= 0.3 is 0 Å². The molecule has 114 valence electrons. The van der Waals surface area contributed by atoms with E-state index in [0.717, 1.165) is 0 Å². The maximum Gasteiger partial charge on any atom is 0.160 e. The van der Waals surface area contributed by atoms with Crippen LogP contribution in [0.25, 0.3) is 0 Å². The second-order valence-electron chi connectivity index (χ2n) is 4.27. The van der Waals surface area contributed by atoms with E-state index in [1.165, 1.54) is 7.11 Å². The van der Waals surface area contributed by atoms with Gasteiger partial charge < -0.3 is 35.0 Å². The number of benzene rings is 1. The number of hydrogen-bond donors (Lipinski definition) is 5. The van der Waals surface area contributed by atoms with Crippen molar-refractivity contribution < 1.29 is 35.0 Å². The number of hydrogen-bond acceptors (Lipinski definition) is 7. The minimum atomic E-state index is -1.22. The molecule has 0 amide bonds. The van der Waals surface area contributed by atoms with E-state index >= 15 is 0 Å². The fourth-order valence-electron chi connectivity index (χ4n) is 1.66. The summed E-state index contributed by atoms with van der Waals surface area (Å²) in [4.78, 5) is 0. The van der Waals surface area contributed by atoms with Crippen LogP contribution in [-0.4, -0.2) is 70.3 Å². The number of aliphatic hydroxyl groups excluding tert-OH is 4. The Kier molecular flexibility index (Phi) is 6.69. The first-order chi connectivity index (χ1) is 9.51. The molecule has 7 nitrogen and oxygen atoms in total. The highest BCUT2D eigenvalue weighted by Gasteiger charge is 2.36. The fraction of sp³-hybridized carbons (Fsp3) is 0.538. The zero-order valence-corrected chi connectivity index (χ0v) is 11.1. The predicted octanol–water partition coefficient (Wildman–Crippen LogP) is -1.14. The molecule has 1 saturated heterocycles. The minimum Gasteiger partial charge on any atom is -0.504 e. The summed E-state index contributed by atoms with van der Waals surface area (Å²) in [5.74, 6) is 0.692. The summed E-state index contributed by atoms with van der Waals surface area (Å²) in [5, 5.41) is 44.7. The van der Waals surface area contributed by atoms with E-state index in [9.17, 15) is 0 Å². The number of aromatic hydroxyl groups is 1. The van der Waals surface area contributed by atoms with Crippen molar-refractivity contribution in [3.63, 3.8) is 0 Å². The van der Waals surface area contributed by atoms with E-state index in [1.54, 1.807) is 24.3 Å². The van der Waals surface area contributed by atoms with Gasteiger partial charge in [0.15, 0.2) is 11.5 Å². The molecular weight excluding hydrogens is 268 g/mol. The summed E-state index contributed by atoms with van der Waals surface area (Å²) in [6.07, 6.45) is -4.27. The molecule has 7 heteroatoms. The lowest BCUT2D eigenvalue weighted by Crippen LogP contribution is -2.53. The van der Waals surface area contributed by atoms with Crippen LogP contribution in [-0.2, 0) is 4.74 Å². The Morgan fingerprint density at radius 3 is 2.35 bits per heavy atom. The average molecular weight is 288 g/mol. The van der Waals surface area contributed by atoms with Crippen molar-refractivity contribution in [2.24, 2.45) is 0 Å². The van der Waals surface area contributed by atoms with Crippen molar-refractivity contribution in [3.8, 4) is 11.5 Å². The summed E-state index contributed by atoms with van der Waals surface area (Å²) >= 11 is 0. The Labute approximate surface area is 116 Å². The second kappa shape index (κ2) is 8.03. The van der Waals surface area contributed by atoms with E-state index in [1.807, 2.05) is 0 Å². The van der Waals surface area contributed by atoms with E-state index in [0.29, 0.717) is 5.75 Å². The standard InChI is InChI=1S/C7H8O2.C6H12O5/c1-9-7-5-3-2-4-6(7)8;7-1-4-6(10)5(9)3(8)2-11-4/h2-5,8H,1H3;3-10H,1-2H2/t;3?,4?,5?,6-/m.1/s1. The molecule has 0 saturated carbocycles. The molecule has 4 atom stereocenters. The molecule has 1 heterocycles. The normalized spacial score (nSPS) is 29.2. The highest BCUT2D eigenvalue weighted by atomic mass is 16.5. The third-order valence-electron chi connectivity index (χ3n) is 2.87. The number of methoxy groups -OCH3 is 1. The zero-order valence-electron chi connectivity index (χ0n) is 11.1. The Morgan fingerprint density at radius 1 is 1.20 bits per heavy atom. The van der Waals surface area contributed by atoms with Crippen molar-refractivity contribution in [1.82, 2.24) is 0 Å². The van der Waals surface area contributed by atoms with Crippen LogP contribution >= 0.6 is 0 Å². The molecule has 2 rings (SSSR count). The maximum atomic E-state index is 9.11. The van der Waals surface area contributed by atoms with Gasteiger partial charge in [-0.25, -0.2) is 0 Å². The monoisotopic (exact) mass is 288 g/mol.